The van der Waals surface area contributed by atoms with Crippen LogP contribution in [-0.2, 0) is 81.6 Å². The Morgan fingerprint density at radius 2 is 1.28 bits per heavy atom. The molecule has 0 spiro atoms. The Kier molecular flexibility index (Phi) is 29.7. The minimum absolute atomic E-state index is 0.0235. The molecule has 0 bridgehead atoms. The number of amides is 12. The summed E-state index contributed by atoms with van der Waals surface area (Å²) >= 11 is 0. The maximum absolute atomic E-state index is 14.9. The Labute approximate surface area is 564 Å². The highest BCUT2D eigenvalue weighted by Gasteiger charge is 2.40. The normalized spacial score (nSPS) is 16.3. The molecule has 2 fully saturated rings. The Bertz CT molecular complexity index is 3450. The van der Waals surface area contributed by atoms with E-state index in [1.807, 2.05) is 0 Å². The second kappa shape index (κ2) is 38.2. The lowest BCUT2D eigenvalue weighted by Crippen LogP contribution is -2.61. The number of aliphatic carboxylic acids is 1. The number of primary amides is 1. The zero-order valence-corrected chi connectivity index (χ0v) is 54.7. The van der Waals surface area contributed by atoms with Gasteiger partial charge in [0.15, 0.2) is 5.96 Å². The van der Waals surface area contributed by atoms with Gasteiger partial charge < -0.3 is 100 Å². The van der Waals surface area contributed by atoms with Gasteiger partial charge in [-0.2, -0.15) is 0 Å². The number of nitrogens with zero attached hydrogens (tertiary/aromatic N) is 2. The van der Waals surface area contributed by atoms with E-state index in [9.17, 15) is 72.5 Å². The summed E-state index contributed by atoms with van der Waals surface area (Å²) in [5, 5.41) is 67.3. The number of phenolic OH excluding ortho intramolecular Hbond substituents is 1. The van der Waals surface area contributed by atoms with E-state index in [2.05, 4.69) is 73.4 Å². The number of carbonyl (C=O) groups excluding carboxylic acids is 12. The van der Waals surface area contributed by atoms with Crippen LogP contribution in [0.2, 0.25) is 0 Å². The number of unbranched alkanes of at least 4 members (excludes halogenated alkanes) is 1. The molecule has 2 aliphatic heterocycles. The molecule has 6 rings (SSSR count). The van der Waals surface area contributed by atoms with Crippen LogP contribution in [0.3, 0.4) is 0 Å². The van der Waals surface area contributed by atoms with Gasteiger partial charge in [-0.05, 0) is 99.5 Å². The number of carbonyl (C=O) groups is 13. The molecule has 21 N–H and O–H groups in total. The minimum Gasteiger partial charge on any atom is -0.508 e. The first-order valence-corrected chi connectivity index (χ1v) is 32.6. The number of imidazole rings is 1. The summed E-state index contributed by atoms with van der Waals surface area (Å²) in [6.45, 7) is 2.26. The summed E-state index contributed by atoms with van der Waals surface area (Å²) in [6, 6.07) is 0.0788. The zero-order chi connectivity index (χ0) is 71.4. The molecule has 0 unspecified atom stereocenters. The van der Waals surface area contributed by atoms with Gasteiger partial charge in [-0.1, -0.05) is 44.2 Å². The fourth-order valence-corrected chi connectivity index (χ4v) is 11.3. The summed E-state index contributed by atoms with van der Waals surface area (Å²) in [7, 11) is 0. The molecule has 532 valence electrons. The van der Waals surface area contributed by atoms with E-state index in [4.69, 9.17) is 22.0 Å². The molecule has 2 aliphatic rings. The van der Waals surface area contributed by atoms with Crippen LogP contribution in [0.1, 0.15) is 114 Å². The van der Waals surface area contributed by atoms with Crippen LogP contribution in [0.25, 0.3) is 10.9 Å². The molecule has 12 amide bonds. The summed E-state index contributed by atoms with van der Waals surface area (Å²) < 4.78 is 0. The van der Waals surface area contributed by atoms with Crippen molar-refractivity contribution in [3.8, 4) is 5.75 Å². The van der Waals surface area contributed by atoms with Gasteiger partial charge in [0.05, 0.1) is 13.2 Å². The maximum Gasteiger partial charge on any atom is 0.303 e. The molecular weight excluding hydrogens is 1280 g/mol. The molecule has 2 aromatic carbocycles. The molecule has 34 nitrogen and oxygen atoms in total. The Hall–Kier alpha value is -10.7. The van der Waals surface area contributed by atoms with Crippen molar-refractivity contribution in [2.45, 2.75) is 171 Å². The SMILES string of the molecule is CC(C)C[C@H](NC(=O)[C@@H](CCCCNC(=O)CCCC(=O)O)NC(=O)[C@@H](Cc1ccc(O)cc1)NC(=O)[C@H](CO)NC(=O)[C@H](Cc1c[nH]c2ccccc12)NC(=O)[C@H](Cc1ncc[nH]1)NC(=O)[C@@H]1CCC(=O)N1)C(=O)N[C@@H](CCCNC(=N)N)C(=O)N1CCC[C@H]1C(=O)NCC(N)=O. The van der Waals surface area contributed by atoms with E-state index < -0.39 is 138 Å². The number of hydrogen-bond acceptors (Lipinski definition) is 17. The topological polar surface area (TPSA) is 539 Å². The monoisotopic (exact) mass is 1370 g/mol. The smallest absolute Gasteiger partial charge is 0.303 e. The first kappa shape index (κ1) is 76.3. The third-order valence-electron chi connectivity index (χ3n) is 16.3. The van der Waals surface area contributed by atoms with E-state index in [1.165, 1.54) is 41.6 Å². The van der Waals surface area contributed by atoms with Gasteiger partial charge >= 0.3 is 5.97 Å². The second-order valence-electron chi connectivity index (χ2n) is 24.5. The molecular formula is C64H90N18O16. The van der Waals surface area contributed by atoms with Gasteiger partial charge in [-0.3, -0.25) is 67.7 Å². The Morgan fingerprint density at radius 3 is 1.92 bits per heavy atom. The molecule has 2 saturated heterocycles. The number of phenols is 1. The number of H-pyrrole nitrogens is 2. The fourth-order valence-electron chi connectivity index (χ4n) is 11.3. The molecule has 34 heteroatoms. The number of para-hydroxylation sites is 1. The summed E-state index contributed by atoms with van der Waals surface area (Å²) in [5.74, 6) is -10.9. The van der Waals surface area contributed by atoms with Gasteiger partial charge in [0.2, 0.25) is 70.9 Å². The molecule has 4 heterocycles. The highest BCUT2D eigenvalue weighted by atomic mass is 16.4. The average molecular weight is 1370 g/mol. The van der Waals surface area contributed by atoms with E-state index in [1.54, 1.807) is 44.3 Å². The van der Waals surface area contributed by atoms with Crippen LogP contribution in [0, 0.1) is 11.3 Å². The molecule has 9 atom stereocenters. The molecule has 2 aromatic heterocycles. The number of benzene rings is 2. The quantitative estimate of drug-likeness (QED) is 0.0118. The van der Waals surface area contributed by atoms with Gasteiger partial charge in [0.1, 0.15) is 66.0 Å². The van der Waals surface area contributed by atoms with Crippen LogP contribution in [-0.4, -0.2) is 205 Å². The van der Waals surface area contributed by atoms with E-state index in [-0.39, 0.29) is 145 Å². The molecule has 0 radical (unpaired) electrons. The van der Waals surface area contributed by atoms with E-state index in [0.29, 0.717) is 28.5 Å². The summed E-state index contributed by atoms with van der Waals surface area (Å²) in [4.78, 5) is 188. The number of rotatable bonds is 40. The Balaban J connectivity index is 1.26. The average Bonchev–Trinajstić information content (AvgIpc) is 1.61. The number of aliphatic hydroxyl groups excluding tert-OH is 1. The summed E-state index contributed by atoms with van der Waals surface area (Å²) in [5.41, 5.74) is 12.3. The van der Waals surface area contributed by atoms with E-state index >= 15 is 0 Å². The number of aliphatic hydroxyl groups is 1. The predicted molar refractivity (Wildman–Crippen MR) is 352 cm³/mol. The number of aromatic nitrogens is 3. The number of likely N-dealkylation sites (tertiary alicyclic amines) is 1. The van der Waals surface area contributed by atoms with Gasteiger partial charge in [0, 0.05) is 87.7 Å². The third-order valence-corrected chi connectivity index (χ3v) is 16.3. The van der Waals surface area contributed by atoms with Gasteiger partial charge in [-0.15, -0.1) is 0 Å². The van der Waals surface area contributed by atoms with Crippen molar-refractivity contribution in [1.29, 1.82) is 5.41 Å². The van der Waals surface area contributed by atoms with Crippen molar-refractivity contribution >= 4 is 93.7 Å². The number of hydrogen-bond donors (Lipinski definition) is 19. The third kappa shape index (κ3) is 24.5. The number of carboxylic acids is 1. The Morgan fingerprint density at radius 1 is 0.663 bits per heavy atom. The highest BCUT2D eigenvalue weighted by molar-refractivity contribution is 6.00. The van der Waals surface area contributed by atoms with Gasteiger partial charge in [-0.25, -0.2) is 4.98 Å². The lowest BCUT2D eigenvalue weighted by atomic mass is 10.00. The van der Waals surface area contributed by atoms with E-state index in [0.717, 1.165) is 0 Å². The largest absolute Gasteiger partial charge is 0.508 e. The lowest BCUT2D eigenvalue weighted by Gasteiger charge is -2.31. The van der Waals surface area contributed by atoms with Crippen molar-refractivity contribution in [3.63, 3.8) is 0 Å². The van der Waals surface area contributed by atoms with Crippen LogP contribution < -0.4 is 70.0 Å². The highest BCUT2D eigenvalue weighted by Crippen LogP contribution is 2.22. The number of aromatic hydroxyl groups is 1. The van der Waals surface area contributed by atoms with Gasteiger partial charge in [0.25, 0.3) is 0 Å². The zero-order valence-electron chi connectivity index (χ0n) is 54.7. The number of guanidine groups is 1. The molecule has 4 aromatic rings. The number of nitrogens with two attached hydrogens (primary N) is 2. The maximum atomic E-state index is 14.9. The number of aromatic amines is 2. The van der Waals surface area contributed by atoms with Crippen LogP contribution in [0.4, 0.5) is 0 Å². The number of fused-ring (bicyclic) bond motifs is 1. The standard InChI is InChI=1S/C64H90N18O16/c1-35(2)28-44(57(92)76-43(13-8-24-71-64(66)67)63(98)82-27-9-14-49(82)62(97)73-33-50(65)85)77-55(90)41(12-5-6-23-70-52(86)15-7-16-54(88)89)75-58(93)45(29-36-17-19-38(84)20-18-36)78-61(96)48(34-83)81-59(94)46(30-37-32-72-40-11-4-3-10-39(37)40)79-60(95)47(31-51-68-25-26-69-51)80-56(91)42-21-22-53(87)74-42/h3-4,10-11,17-20,25-26,32,35,41-49,72,83-84H,5-9,12-16,21-24,27-31,33-34H2,1-2H3,(H2,65,85)(H,68,69)(H,70,86)(H,73,97)(H,74,87)(H,75,93)(H,76,92)(H,77,90)(H,78,96)(H,79,95)(H,80,91)(H,81,94)(H,88,89)(H4,66,67,71)/t41-,42+,43+,44+,45-,46+,47+,48+,49+/m1/s1. The molecule has 0 aliphatic carbocycles. The van der Waals surface area contributed by atoms with Crippen LogP contribution >= 0.6 is 0 Å². The van der Waals surface area contributed by atoms with Crippen LogP contribution in [0.15, 0.2) is 67.1 Å². The first-order valence-electron chi connectivity index (χ1n) is 32.6. The minimum atomic E-state index is -1.84. The number of nitrogens with one attached hydrogen (secondary N) is 14. The molecule has 98 heavy (non-hydrogen) atoms. The van der Waals surface area contributed by atoms with Crippen molar-refractivity contribution in [2.75, 3.05) is 32.8 Å². The predicted octanol–water partition coefficient (Wildman–Crippen LogP) is -3.27. The lowest BCUT2D eigenvalue weighted by molar-refractivity contribution is -0.142. The summed E-state index contributed by atoms with van der Waals surface area (Å²) in [6.07, 6.45) is 4.77. The van der Waals surface area contributed by atoms with Crippen molar-refractivity contribution < 1.29 is 77.6 Å². The van der Waals surface area contributed by atoms with Crippen LogP contribution in [0.5, 0.6) is 5.75 Å². The first-order chi connectivity index (χ1) is 46.8. The van der Waals surface area contributed by atoms with Crippen molar-refractivity contribution in [1.82, 2.24) is 78.3 Å². The van der Waals surface area contributed by atoms with Crippen molar-refractivity contribution in [3.05, 3.63) is 84.1 Å². The number of carboxylic acid groups (broad SMARTS) is 1. The molecule has 0 saturated carbocycles. The second-order valence-corrected chi connectivity index (χ2v) is 24.5. The van der Waals surface area contributed by atoms with Crippen molar-refractivity contribution in [2.24, 2.45) is 17.4 Å². The fraction of sp³-hybridized carbons (Fsp3) is 0.516.